The fraction of sp³-hybridized carbons (Fsp3) is 0.316. The predicted octanol–water partition coefficient (Wildman–Crippen LogP) is 3.36. The Hall–Kier alpha value is -2.89. The van der Waals surface area contributed by atoms with Gasteiger partial charge in [-0.3, -0.25) is 4.79 Å². The van der Waals surface area contributed by atoms with Crippen LogP contribution in [0.25, 0.3) is 0 Å². The third-order valence-electron chi connectivity index (χ3n) is 3.38. The highest BCUT2D eigenvalue weighted by Gasteiger charge is 2.09. The highest BCUT2D eigenvalue weighted by atomic mass is 16.5. The van der Waals surface area contributed by atoms with Gasteiger partial charge in [0.15, 0.2) is 0 Å². The molecule has 0 aliphatic rings. The second-order valence-electron chi connectivity index (χ2n) is 5.46. The Balaban J connectivity index is 1.75. The minimum Gasteiger partial charge on any atom is -0.494 e. The number of hydrogen-bond acceptors (Lipinski definition) is 5. The Morgan fingerprint density at radius 1 is 1.16 bits per heavy atom. The van der Waals surface area contributed by atoms with Crippen molar-refractivity contribution in [3.05, 3.63) is 53.7 Å². The van der Waals surface area contributed by atoms with Crippen molar-refractivity contribution in [2.45, 2.75) is 26.7 Å². The maximum atomic E-state index is 12.0. The van der Waals surface area contributed by atoms with Crippen LogP contribution in [0.3, 0.4) is 0 Å². The standard InChI is InChI=1S/C19H22N2O4/c1-3-24-19(23)15-10-11-20-17(13-15)21-18(22)5-4-12-25-16-8-6-14(2)7-9-16/h6-11,13H,3-5,12H2,1-2H3,(H,20,21,22). The summed E-state index contributed by atoms with van der Waals surface area (Å²) in [6.07, 6.45) is 2.34. The number of nitrogens with zero attached hydrogens (tertiary/aromatic N) is 1. The summed E-state index contributed by atoms with van der Waals surface area (Å²) >= 11 is 0. The quantitative estimate of drug-likeness (QED) is 0.588. The first-order valence-corrected chi connectivity index (χ1v) is 8.21. The maximum absolute atomic E-state index is 12.0. The lowest BCUT2D eigenvalue weighted by molar-refractivity contribution is -0.116. The van der Waals surface area contributed by atoms with E-state index in [4.69, 9.17) is 9.47 Å². The zero-order valence-electron chi connectivity index (χ0n) is 14.5. The van der Waals surface area contributed by atoms with Crippen LogP contribution in [-0.4, -0.2) is 30.1 Å². The number of aryl methyl sites for hydroxylation is 1. The Kier molecular flexibility index (Phi) is 6.95. The van der Waals surface area contributed by atoms with Gasteiger partial charge in [0.25, 0.3) is 0 Å². The molecular weight excluding hydrogens is 320 g/mol. The molecule has 0 unspecified atom stereocenters. The Labute approximate surface area is 147 Å². The first-order chi connectivity index (χ1) is 12.1. The summed E-state index contributed by atoms with van der Waals surface area (Å²) in [4.78, 5) is 27.7. The average molecular weight is 342 g/mol. The Morgan fingerprint density at radius 2 is 1.92 bits per heavy atom. The number of esters is 1. The summed E-state index contributed by atoms with van der Waals surface area (Å²) in [5.41, 5.74) is 1.53. The van der Waals surface area contributed by atoms with E-state index < -0.39 is 5.97 Å². The lowest BCUT2D eigenvalue weighted by atomic mass is 10.2. The molecule has 0 spiro atoms. The second kappa shape index (κ2) is 9.42. The van der Waals surface area contributed by atoms with Gasteiger partial charge in [0.05, 0.1) is 18.8 Å². The van der Waals surface area contributed by atoms with Gasteiger partial charge in [0, 0.05) is 12.6 Å². The highest BCUT2D eigenvalue weighted by molar-refractivity contribution is 5.93. The van der Waals surface area contributed by atoms with Gasteiger partial charge in [-0.1, -0.05) is 17.7 Å². The SMILES string of the molecule is CCOC(=O)c1ccnc(NC(=O)CCCOc2ccc(C)cc2)c1. The van der Waals surface area contributed by atoms with Crippen molar-refractivity contribution in [3.63, 3.8) is 0 Å². The molecule has 0 saturated carbocycles. The normalized spacial score (nSPS) is 10.2. The number of pyridine rings is 1. The van der Waals surface area contributed by atoms with Crippen molar-refractivity contribution >= 4 is 17.7 Å². The second-order valence-corrected chi connectivity index (χ2v) is 5.46. The molecule has 0 atom stereocenters. The highest BCUT2D eigenvalue weighted by Crippen LogP contribution is 2.12. The van der Waals surface area contributed by atoms with Gasteiger partial charge >= 0.3 is 5.97 Å². The van der Waals surface area contributed by atoms with Crippen molar-refractivity contribution in [2.75, 3.05) is 18.5 Å². The molecule has 0 saturated heterocycles. The molecule has 25 heavy (non-hydrogen) atoms. The molecule has 2 aromatic rings. The molecule has 0 bridgehead atoms. The molecule has 0 fully saturated rings. The largest absolute Gasteiger partial charge is 0.494 e. The summed E-state index contributed by atoms with van der Waals surface area (Å²) in [5, 5.41) is 2.67. The topological polar surface area (TPSA) is 77.5 Å². The van der Waals surface area contributed by atoms with Crippen LogP contribution < -0.4 is 10.1 Å². The number of rotatable bonds is 8. The van der Waals surface area contributed by atoms with E-state index in [1.807, 2.05) is 31.2 Å². The smallest absolute Gasteiger partial charge is 0.338 e. The van der Waals surface area contributed by atoms with Crippen LogP contribution >= 0.6 is 0 Å². The zero-order chi connectivity index (χ0) is 18.1. The number of carbonyl (C=O) groups is 2. The van der Waals surface area contributed by atoms with Crippen LogP contribution in [0, 0.1) is 6.92 Å². The summed E-state index contributed by atoms with van der Waals surface area (Å²) in [6, 6.07) is 10.8. The number of anilines is 1. The molecule has 0 aliphatic carbocycles. The first-order valence-electron chi connectivity index (χ1n) is 8.21. The number of benzene rings is 1. The molecule has 132 valence electrons. The van der Waals surface area contributed by atoms with Gasteiger partial charge in [-0.25, -0.2) is 9.78 Å². The summed E-state index contributed by atoms with van der Waals surface area (Å²) in [7, 11) is 0. The average Bonchev–Trinajstić information content (AvgIpc) is 2.61. The maximum Gasteiger partial charge on any atom is 0.338 e. The molecule has 0 aliphatic heterocycles. The van der Waals surface area contributed by atoms with E-state index in [1.54, 1.807) is 13.0 Å². The number of amides is 1. The van der Waals surface area contributed by atoms with Crippen LogP contribution in [0.15, 0.2) is 42.6 Å². The summed E-state index contributed by atoms with van der Waals surface area (Å²) < 4.78 is 10.5. The molecule has 0 radical (unpaired) electrons. The number of aromatic nitrogens is 1. The summed E-state index contributed by atoms with van der Waals surface area (Å²) in [6.45, 7) is 4.50. The number of carbonyl (C=O) groups excluding carboxylic acids is 2. The minimum absolute atomic E-state index is 0.180. The molecule has 1 amide bonds. The van der Waals surface area contributed by atoms with Gasteiger partial charge < -0.3 is 14.8 Å². The molecule has 1 aromatic heterocycles. The van der Waals surface area contributed by atoms with E-state index in [9.17, 15) is 9.59 Å². The molecule has 6 heteroatoms. The third kappa shape index (κ3) is 6.25. The van der Waals surface area contributed by atoms with Gasteiger partial charge in [0.2, 0.25) is 5.91 Å². The van der Waals surface area contributed by atoms with Gasteiger partial charge in [-0.15, -0.1) is 0 Å². The van der Waals surface area contributed by atoms with Crippen LogP contribution in [0.1, 0.15) is 35.7 Å². The van der Waals surface area contributed by atoms with Crippen molar-refractivity contribution in [1.29, 1.82) is 0 Å². The molecule has 1 N–H and O–H groups in total. The fourth-order valence-electron chi connectivity index (χ4n) is 2.10. The zero-order valence-corrected chi connectivity index (χ0v) is 14.5. The third-order valence-corrected chi connectivity index (χ3v) is 3.38. The molecule has 1 heterocycles. The molecule has 2 rings (SSSR count). The first kappa shape index (κ1) is 18.4. The number of nitrogens with one attached hydrogen (secondary N) is 1. The van der Waals surface area contributed by atoms with Crippen molar-refractivity contribution in [3.8, 4) is 5.75 Å². The van der Waals surface area contributed by atoms with Crippen LogP contribution in [0.4, 0.5) is 5.82 Å². The van der Waals surface area contributed by atoms with E-state index in [0.717, 1.165) is 5.75 Å². The van der Waals surface area contributed by atoms with Crippen LogP contribution in [-0.2, 0) is 9.53 Å². The van der Waals surface area contributed by atoms with Gasteiger partial charge in [0.1, 0.15) is 11.6 Å². The molecular formula is C19H22N2O4. The Bertz CT molecular complexity index is 714. The fourth-order valence-corrected chi connectivity index (χ4v) is 2.10. The predicted molar refractivity (Wildman–Crippen MR) is 94.7 cm³/mol. The van der Waals surface area contributed by atoms with E-state index >= 15 is 0 Å². The van der Waals surface area contributed by atoms with Gasteiger partial charge in [-0.2, -0.15) is 0 Å². The van der Waals surface area contributed by atoms with E-state index in [0.29, 0.717) is 37.4 Å². The van der Waals surface area contributed by atoms with Gasteiger partial charge in [-0.05, 0) is 44.5 Å². The van der Waals surface area contributed by atoms with Crippen molar-refractivity contribution < 1.29 is 19.1 Å². The lowest BCUT2D eigenvalue weighted by Crippen LogP contribution is -2.14. The van der Waals surface area contributed by atoms with Crippen molar-refractivity contribution in [1.82, 2.24) is 4.98 Å². The molecule has 1 aromatic carbocycles. The monoisotopic (exact) mass is 342 g/mol. The van der Waals surface area contributed by atoms with Crippen molar-refractivity contribution in [2.24, 2.45) is 0 Å². The summed E-state index contributed by atoms with van der Waals surface area (Å²) in [5.74, 6) is 0.498. The number of ether oxygens (including phenoxy) is 2. The van der Waals surface area contributed by atoms with E-state index in [1.165, 1.54) is 17.8 Å². The van der Waals surface area contributed by atoms with E-state index in [-0.39, 0.29) is 5.91 Å². The number of hydrogen-bond donors (Lipinski definition) is 1. The molecule has 6 nitrogen and oxygen atoms in total. The van der Waals surface area contributed by atoms with Crippen LogP contribution in [0.5, 0.6) is 5.75 Å². The lowest BCUT2D eigenvalue weighted by Gasteiger charge is -2.08. The Morgan fingerprint density at radius 3 is 2.64 bits per heavy atom. The van der Waals surface area contributed by atoms with E-state index in [2.05, 4.69) is 10.3 Å². The minimum atomic E-state index is -0.438. The van der Waals surface area contributed by atoms with Crippen LogP contribution in [0.2, 0.25) is 0 Å².